The van der Waals surface area contributed by atoms with Crippen molar-refractivity contribution >= 4 is 29.3 Å². The normalized spacial score (nSPS) is 15.4. The number of benzene rings is 2. The van der Waals surface area contributed by atoms with Gasteiger partial charge in [0.25, 0.3) is 0 Å². The van der Waals surface area contributed by atoms with Crippen LogP contribution in [-0.4, -0.2) is 50.5 Å². The number of hydrogen-bond acceptors (Lipinski definition) is 7. The molecular formula is C24H25NO7. The van der Waals surface area contributed by atoms with Gasteiger partial charge in [0.2, 0.25) is 5.91 Å². The highest BCUT2D eigenvalue weighted by Crippen LogP contribution is 2.26. The van der Waals surface area contributed by atoms with Crippen molar-refractivity contribution < 1.29 is 33.4 Å². The average Bonchev–Trinajstić information content (AvgIpc) is 3.22. The van der Waals surface area contributed by atoms with Crippen LogP contribution in [0.5, 0.6) is 5.75 Å². The molecule has 32 heavy (non-hydrogen) atoms. The number of methoxy groups -OCH3 is 1. The minimum Gasteiger partial charge on any atom is -0.497 e. The number of ketones is 1. The molecule has 0 aliphatic carbocycles. The second kappa shape index (κ2) is 10.6. The van der Waals surface area contributed by atoms with Crippen molar-refractivity contribution in [2.75, 3.05) is 31.8 Å². The minimum atomic E-state index is -0.666. The Labute approximate surface area is 186 Å². The van der Waals surface area contributed by atoms with Gasteiger partial charge in [0, 0.05) is 24.2 Å². The van der Waals surface area contributed by atoms with Crippen LogP contribution in [0.25, 0.3) is 0 Å². The van der Waals surface area contributed by atoms with E-state index < -0.39 is 24.5 Å². The van der Waals surface area contributed by atoms with Gasteiger partial charge in [0.05, 0.1) is 25.2 Å². The Bertz CT molecular complexity index is 982. The molecule has 0 aromatic heterocycles. The number of esters is 2. The van der Waals surface area contributed by atoms with E-state index in [1.54, 1.807) is 48.5 Å². The van der Waals surface area contributed by atoms with Crippen LogP contribution in [0.15, 0.2) is 48.5 Å². The Hall–Kier alpha value is -3.68. The molecule has 0 bridgehead atoms. The zero-order valence-corrected chi connectivity index (χ0v) is 18.0. The zero-order valence-electron chi connectivity index (χ0n) is 18.0. The summed E-state index contributed by atoms with van der Waals surface area (Å²) in [4.78, 5) is 50.4. The highest BCUT2D eigenvalue weighted by molar-refractivity contribution is 6.01. The molecule has 3 rings (SSSR count). The van der Waals surface area contributed by atoms with Gasteiger partial charge < -0.3 is 19.1 Å². The van der Waals surface area contributed by atoms with Crippen LogP contribution in [0.4, 0.5) is 5.69 Å². The number of amides is 1. The van der Waals surface area contributed by atoms with E-state index in [2.05, 4.69) is 0 Å². The van der Waals surface area contributed by atoms with Crippen molar-refractivity contribution in [3.05, 3.63) is 59.7 Å². The van der Waals surface area contributed by atoms with E-state index in [9.17, 15) is 19.2 Å². The molecule has 1 amide bonds. The smallest absolute Gasteiger partial charge is 0.338 e. The fourth-order valence-electron chi connectivity index (χ4n) is 3.29. The molecule has 0 spiro atoms. The third-order valence-corrected chi connectivity index (χ3v) is 5.07. The van der Waals surface area contributed by atoms with Crippen LogP contribution >= 0.6 is 0 Å². The Balaban J connectivity index is 1.54. The van der Waals surface area contributed by atoms with E-state index in [1.165, 1.54) is 12.0 Å². The van der Waals surface area contributed by atoms with E-state index in [1.807, 2.05) is 6.92 Å². The summed E-state index contributed by atoms with van der Waals surface area (Å²) in [6, 6.07) is 12.9. The molecule has 8 nitrogen and oxygen atoms in total. The van der Waals surface area contributed by atoms with Crippen molar-refractivity contribution in [2.24, 2.45) is 5.92 Å². The minimum absolute atomic E-state index is 0.00411. The number of carbonyl (C=O) groups excluding carboxylic acids is 4. The summed E-state index contributed by atoms with van der Waals surface area (Å²) >= 11 is 0. The molecular weight excluding hydrogens is 414 g/mol. The van der Waals surface area contributed by atoms with E-state index in [0.29, 0.717) is 29.2 Å². The van der Waals surface area contributed by atoms with Crippen LogP contribution in [-0.2, 0) is 19.1 Å². The Morgan fingerprint density at radius 2 is 1.62 bits per heavy atom. The molecule has 0 saturated carbocycles. The zero-order chi connectivity index (χ0) is 23.1. The lowest BCUT2D eigenvalue weighted by molar-refractivity contribution is -0.147. The van der Waals surface area contributed by atoms with Gasteiger partial charge >= 0.3 is 11.9 Å². The molecule has 2 aromatic carbocycles. The molecule has 1 saturated heterocycles. The third kappa shape index (κ3) is 5.51. The maximum atomic E-state index is 12.4. The van der Waals surface area contributed by atoms with E-state index in [-0.39, 0.29) is 24.7 Å². The number of hydrogen-bond donors (Lipinski definition) is 0. The van der Waals surface area contributed by atoms with Gasteiger partial charge in [-0.15, -0.1) is 0 Å². The second-order valence-electron chi connectivity index (χ2n) is 7.35. The molecule has 1 atom stereocenters. The average molecular weight is 439 g/mol. The Morgan fingerprint density at radius 3 is 2.25 bits per heavy atom. The summed E-state index contributed by atoms with van der Waals surface area (Å²) in [6.45, 7) is 2.00. The molecule has 0 unspecified atom stereocenters. The van der Waals surface area contributed by atoms with Gasteiger partial charge in [-0.05, 0) is 55.0 Å². The lowest BCUT2D eigenvalue weighted by Gasteiger charge is -2.17. The summed E-state index contributed by atoms with van der Waals surface area (Å²) in [6.07, 6.45) is 0.727. The predicted octanol–water partition coefficient (Wildman–Crippen LogP) is 3.04. The van der Waals surface area contributed by atoms with E-state index >= 15 is 0 Å². The van der Waals surface area contributed by atoms with Crippen LogP contribution in [0, 0.1) is 5.92 Å². The van der Waals surface area contributed by atoms with Gasteiger partial charge in [-0.2, -0.15) is 0 Å². The number of rotatable bonds is 9. The lowest BCUT2D eigenvalue weighted by Crippen LogP contribution is -2.27. The summed E-state index contributed by atoms with van der Waals surface area (Å²) in [5.41, 5.74) is 1.37. The molecule has 1 aliphatic heterocycles. The SMILES string of the molecule is CCCOC(=O)c1ccc(N2C[C@@H](C(=O)OCC(=O)c3ccc(OC)cc3)CC2=O)cc1. The van der Waals surface area contributed by atoms with Gasteiger partial charge in [-0.25, -0.2) is 4.79 Å². The Morgan fingerprint density at radius 1 is 0.969 bits per heavy atom. The van der Waals surface area contributed by atoms with E-state index in [4.69, 9.17) is 14.2 Å². The Kier molecular flexibility index (Phi) is 7.59. The third-order valence-electron chi connectivity index (χ3n) is 5.07. The predicted molar refractivity (Wildman–Crippen MR) is 116 cm³/mol. The van der Waals surface area contributed by atoms with Gasteiger partial charge in [-0.3, -0.25) is 14.4 Å². The van der Waals surface area contributed by atoms with Crippen LogP contribution in [0.1, 0.15) is 40.5 Å². The first-order valence-corrected chi connectivity index (χ1v) is 10.3. The summed E-state index contributed by atoms with van der Waals surface area (Å²) in [7, 11) is 1.53. The van der Waals surface area contributed by atoms with Crippen molar-refractivity contribution in [1.29, 1.82) is 0 Å². The number of ether oxygens (including phenoxy) is 3. The first-order chi connectivity index (χ1) is 15.4. The van der Waals surface area contributed by atoms with E-state index in [0.717, 1.165) is 6.42 Å². The number of nitrogens with zero attached hydrogens (tertiary/aromatic N) is 1. The van der Waals surface area contributed by atoms with Crippen molar-refractivity contribution in [2.45, 2.75) is 19.8 Å². The largest absolute Gasteiger partial charge is 0.497 e. The standard InChI is InChI=1S/C24H25NO7/c1-3-12-31-23(28)17-4-8-19(9-5-17)25-14-18(13-22(25)27)24(29)32-15-21(26)16-6-10-20(30-2)11-7-16/h4-11,18H,3,12-15H2,1-2H3/t18-/m0/s1. The first-order valence-electron chi connectivity index (χ1n) is 10.3. The second-order valence-corrected chi connectivity index (χ2v) is 7.35. The molecule has 0 radical (unpaired) electrons. The molecule has 1 aliphatic rings. The van der Waals surface area contributed by atoms with Gasteiger partial charge in [0.15, 0.2) is 12.4 Å². The number of carbonyl (C=O) groups is 4. The summed E-state index contributed by atoms with van der Waals surface area (Å²) in [5, 5.41) is 0. The first kappa shape index (κ1) is 23.0. The fourth-order valence-corrected chi connectivity index (χ4v) is 3.29. The molecule has 2 aromatic rings. The lowest BCUT2D eigenvalue weighted by atomic mass is 10.1. The molecule has 168 valence electrons. The van der Waals surface area contributed by atoms with Crippen LogP contribution in [0.2, 0.25) is 0 Å². The monoisotopic (exact) mass is 439 g/mol. The fraction of sp³-hybridized carbons (Fsp3) is 0.333. The van der Waals surface area contributed by atoms with Crippen molar-refractivity contribution in [3.8, 4) is 5.75 Å². The maximum Gasteiger partial charge on any atom is 0.338 e. The molecule has 0 N–H and O–H groups in total. The quantitative estimate of drug-likeness (QED) is 0.437. The molecule has 1 heterocycles. The summed E-state index contributed by atoms with van der Waals surface area (Å²) < 4.78 is 15.3. The highest BCUT2D eigenvalue weighted by Gasteiger charge is 2.36. The van der Waals surface area contributed by atoms with Gasteiger partial charge in [0.1, 0.15) is 5.75 Å². The number of anilines is 1. The number of Topliss-reactive ketones (excluding diaryl/α,β-unsaturated/α-hetero) is 1. The van der Waals surface area contributed by atoms with Gasteiger partial charge in [-0.1, -0.05) is 6.92 Å². The van der Waals surface area contributed by atoms with Crippen molar-refractivity contribution in [3.63, 3.8) is 0 Å². The molecule has 8 heteroatoms. The highest BCUT2D eigenvalue weighted by atomic mass is 16.5. The van der Waals surface area contributed by atoms with Crippen molar-refractivity contribution in [1.82, 2.24) is 0 Å². The van der Waals surface area contributed by atoms with Crippen LogP contribution in [0.3, 0.4) is 0 Å². The maximum absolute atomic E-state index is 12.4. The topological polar surface area (TPSA) is 99.2 Å². The molecule has 1 fully saturated rings. The van der Waals surface area contributed by atoms with Crippen LogP contribution < -0.4 is 9.64 Å². The summed E-state index contributed by atoms with van der Waals surface area (Å²) in [5.74, 6) is -1.63.